The highest BCUT2D eigenvalue weighted by molar-refractivity contribution is 9.10. The summed E-state index contributed by atoms with van der Waals surface area (Å²) < 4.78 is 21.1. The molecule has 2 nitrogen and oxygen atoms in total. The molecule has 1 atom stereocenters. The van der Waals surface area contributed by atoms with Crippen molar-refractivity contribution in [3.63, 3.8) is 0 Å². The Balaban J connectivity index is 2.44. The molecule has 1 fully saturated rings. The first-order valence-electron chi connectivity index (χ1n) is 7.41. The van der Waals surface area contributed by atoms with Crippen molar-refractivity contribution in [3.05, 3.63) is 33.0 Å². The van der Waals surface area contributed by atoms with Crippen molar-refractivity contribution in [3.8, 4) is 0 Å². The summed E-state index contributed by atoms with van der Waals surface area (Å²) in [6.07, 6.45) is 6.51. The zero-order chi connectivity index (χ0) is 15.5. The van der Waals surface area contributed by atoms with Crippen LogP contribution >= 0.6 is 27.5 Å². The van der Waals surface area contributed by atoms with Crippen LogP contribution in [0.15, 0.2) is 16.6 Å². The second kappa shape index (κ2) is 7.40. The Morgan fingerprint density at radius 1 is 1.29 bits per heavy atom. The molecule has 2 rings (SSSR count). The minimum atomic E-state index is -0.372. The van der Waals surface area contributed by atoms with Crippen molar-refractivity contribution in [2.45, 2.75) is 50.2 Å². The normalized spacial score (nSPS) is 20.0. The summed E-state index contributed by atoms with van der Waals surface area (Å²) in [5, 5.41) is 3.39. The molecule has 0 heterocycles. The summed E-state index contributed by atoms with van der Waals surface area (Å²) in [5.41, 5.74) is 0.206. The van der Waals surface area contributed by atoms with Crippen LogP contribution in [0, 0.1) is 5.82 Å². The Kier molecular flexibility index (Phi) is 6.06. The number of ether oxygens (including phenoxy) is 1. The van der Waals surface area contributed by atoms with Gasteiger partial charge in [0.25, 0.3) is 0 Å². The highest BCUT2D eigenvalue weighted by Gasteiger charge is 2.40. The summed E-state index contributed by atoms with van der Waals surface area (Å²) in [6.45, 7) is 0. The molecule has 0 saturated heterocycles. The van der Waals surface area contributed by atoms with E-state index in [0.717, 1.165) is 25.7 Å². The lowest BCUT2D eigenvalue weighted by Gasteiger charge is -2.39. The summed E-state index contributed by atoms with van der Waals surface area (Å²) in [5.74, 6) is -0.369. The van der Waals surface area contributed by atoms with Crippen LogP contribution in [0.1, 0.15) is 50.1 Å². The molecule has 1 aromatic carbocycles. The lowest BCUT2D eigenvalue weighted by molar-refractivity contribution is -0.0530. The minimum Gasteiger partial charge on any atom is -0.376 e. The summed E-state index contributed by atoms with van der Waals surface area (Å²) in [7, 11) is 3.58. The third-order valence-corrected chi connectivity index (χ3v) is 5.81. The number of nitrogens with one attached hydrogen (secondary N) is 1. The SMILES string of the molecule is CNC(c1ccc(Br)c(Cl)c1F)C1(OC)CCCCCC1. The highest BCUT2D eigenvalue weighted by Crippen LogP contribution is 2.42. The van der Waals surface area contributed by atoms with Gasteiger partial charge in [-0.1, -0.05) is 43.4 Å². The van der Waals surface area contributed by atoms with Gasteiger partial charge in [0.15, 0.2) is 0 Å². The van der Waals surface area contributed by atoms with Crippen LogP contribution in [-0.2, 0) is 4.74 Å². The van der Waals surface area contributed by atoms with E-state index in [1.807, 2.05) is 7.05 Å². The molecule has 1 N–H and O–H groups in total. The van der Waals surface area contributed by atoms with Gasteiger partial charge >= 0.3 is 0 Å². The van der Waals surface area contributed by atoms with Crippen molar-refractivity contribution in [2.24, 2.45) is 0 Å². The fourth-order valence-electron chi connectivity index (χ4n) is 3.40. The molecule has 0 aliphatic heterocycles. The molecular formula is C16H22BrClFNO. The molecule has 21 heavy (non-hydrogen) atoms. The summed E-state index contributed by atoms with van der Waals surface area (Å²) in [6, 6.07) is 3.38. The van der Waals surface area contributed by atoms with Gasteiger partial charge in [-0.25, -0.2) is 4.39 Å². The van der Waals surface area contributed by atoms with Crippen LogP contribution in [0.2, 0.25) is 5.02 Å². The van der Waals surface area contributed by atoms with Crippen molar-refractivity contribution in [2.75, 3.05) is 14.2 Å². The molecule has 0 amide bonds. The Morgan fingerprint density at radius 2 is 1.90 bits per heavy atom. The fourth-order valence-corrected chi connectivity index (χ4v) is 3.88. The minimum absolute atomic E-state index is 0.132. The molecule has 0 aromatic heterocycles. The number of hydrogen-bond donors (Lipinski definition) is 1. The summed E-state index contributed by atoms with van der Waals surface area (Å²) in [4.78, 5) is 0. The Labute approximate surface area is 139 Å². The standard InChI is InChI=1S/C16H22BrClFNO/c1-20-15(11-7-8-12(17)13(18)14(11)19)16(21-2)9-5-3-4-6-10-16/h7-8,15,20H,3-6,9-10H2,1-2H3. The Hall–Kier alpha value is -0.160. The maximum Gasteiger partial charge on any atom is 0.147 e. The van der Waals surface area contributed by atoms with Gasteiger partial charge in [-0.2, -0.15) is 0 Å². The van der Waals surface area contributed by atoms with Crippen molar-refractivity contribution in [1.82, 2.24) is 5.32 Å². The van der Waals surface area contributed by atoms with Crippen LogP contribution in [0.4, 0.5) is 4.39 Å². The van der Waals surface area contributed by atoms with Crippen LogP contribution in [0.5, 0.6) is 0 Å². The number of methoxy groups -OCH3 is 1. The zero-order valence-corrected chi connectivity index (χ0v) is 14.9. The zero-order valence-electron chi connectivity index (χ0n) is 12.5. The molecule has 0 bridgehead atoms. The van der Waals surface area contributed by atoms with E-state index in [1.165, 1.54) is 12.8 Å². The van der Waals surface area contributed by atoms with Gasteiger partial charge in [0, 0.05) is 17.1 Å². The monoisotopic (exact) mass is 377 g/mol. The largest absolute Gasteiger partial charge is 0.376 e. The fraction of sp³-hybridized carbons (Fsp3) is 0.625. The average molecular weight is 379 g/mol. The van der Waals surface area contributed by atoms with Crippen molar-refractivity contribution < 1.29 is 9.13 Å². The van der Waals surface area contributed by atoms with E-state index in [-0.39, 0.29) is 22.5 Å². The molecule has 1 aromatic rings. The Bertz CT molecular complexity index is 489. The first-order chi connectivity index (χ1) is 10.1. The lowest BCUT2D eigenvalue weighted by atomic mass is 9.82. The van der Waals surface area contributed by atoms with E-state index < -0.39 is 0 Å². The van der Waals surface area contributed by atoms with E-state index in [4.69, 9.17) is 16.3 Å². The number of hydrogen-bond acceptors (Lipinski definition) is 2. The molecular weight excluding hydrogens is 357 g/mol. The molecule has 118 valence electrons. The second-order valence-corrected chi connectivity index (χ2v) is 6.90. The third-order valence-electron chi connectivity index (χ3n) is 4.55. The molecule has 1 aliphatic rings. The highest BCUT2D eigenvalue weighted by atomic mass is 79.9. The third kappa shape index (κ3) is 3.44. The predicted molar refractivity (Wildman–Crippen MR) is 88.4 cm³/mol. The average Bonchev–Trinajstić information content (AvgIpc) is 2.74. The first-order valence-corrected chi connectivity index (χ1v) is 8.58. The van der Waals surface area contributed by atoms with E-state index in [0.29, 0.717) is 10.0 Å². The predicted octanol–water partition coefficient (Wildman–Crippen LogP) is 5.24. The Morgan fingerprint density at radius 3 is 2.43 bits per heavy atom. The van der Waals surface area contributed by atoms with Gasteiger partial charge in [0.1, 0.15) is 5.82 Å². The van der Waals surface area contributed by atoms with Gasteiger partial charge in [-0.15, -0.1) is 0 Å². The quantitative estimate of drug-likeness (QED) is 0.571. The molecule has 1 saturated carbocycles. The second-order valence-electron chi connectivity index (χ2n) is 5.67. The van der Waals surface area contributed by atoms with Crippen LogP contribution in [-0.4, -0.2) is 19.8 Å². The van der Waals surface area contributed by atoms with Crippen molar-refractivity contribution in [1.29, 1.82) is 0 Å². The lowest BCUT2D eigenvalue weighted by Crippen LogP contribution is -2.44. The van der Waals surface area contributed by atoms with Crippen LogP contribution in [0.3, 0.4) is 0 Å². The van der Waals surface area contributed by atoms with E-state index in [9.17, 15) is 4.39 Å². The van der Waals surface area contributed by atoms with Crippen LogP contribution in [0.25, 0.3) is 0 Å². The molecule has 1 unspecified atom stereocenters. The summed E-state index contributed by atoms with van der Waals surface area (Å²) >= 11 is 9.32. The smallest absolute Gasteiger partial charge is 0.147 e. The number of benzene rings is 1. The molecule has 0 radical (unpaired) electrons. The van der Waals surface area contributed by atoms with Gasteiger partial charge < -0.3 is 10.1 Å². The topological polar surface area (TPSA) is 21.3 Å². The molecule has 0 spiro atoms. The van der Waals surface area contributed by atoms with Crippen LogP contribution < -0.4 is 5.32 Å². The van der Waals surface area contributed by atoms with Gasteiger partial charge in [0.05, 0.1) is 16.7 Å². The van der Waals surface area contributed by atoms with Gasteiger partial charge in [-0.05, 0) is 41.9 Å². The number of halogens is 3. The first kappa shape index (κ1) is 17.2. The molecule has 1 aliphatic carbocycles. The maximum atomic E-state index is 14.6. The van der Waals surface area contributed by atoms with Gasteiger partial charge in [0.2, 0.25) is 0 Å². The number of rotatable bonds is 4. The van der Waals surface area contributed by atoms with E-state index >= 15 is 0 Å². The van der Waals surface area contributed by atoms with Crippen molar-refractivity contribution >= 4 is 27.5 Å². The van der Waals surface area contributed by atoms with E-state index in [1.54, 1.807) is 19.2 Å². The number of likely N-dealkylation sites (N-methyl/N-ethyl adjacent to an activating group) is 1. The van der Waals surface area contributed by atoms with E-state index in [2.05, 4.69) is 21.2 Å². The van der Waals surface area contributed by atoms with Gasteiger partial charge in [-0.3, -0.25) is 0 Å². The maximum absolute atomic E-state index is 14.6. The molecule has 5 heteroatoms.